The van der Waals surface area contributed by atoms with Crippen LogP contribution in [-0.2, 0) is 0 Å². The van der Waals surface area contributed by atoms with E-state index in [0.29, 0.717) is 13.1 Å². The molecule has 0 atom stereocenters. The molecule has 7 heteroatoms. The van der Waals surface area contributed by atoms with Crippen LogP contribution in [0.15, 0.2) is 18.3 Å². The van der Waals surface area contributed by atoms with E-state index in [1.54, 1.807) is 4.90 Å². The molecule has 1 saturated heterocycles. The van der Waals surface area contributed by atoms with Crippen LogP contribution in [0.4, 0.5) is 18.9 Å². The first-order valence-electron chi connectivity index (χ1n) is 8.17. The van der Waals surface area contributed by atoms with Crippen molar-refractivity contribution in [2.24, 2.45) is 5.92 Å². The van der Waals surface area contributed by atoms with Gasteiger partial charge in [-0.25, -0.2) is 13.8 Å². The Bertz CT molecular complexity index is 738. The Hall–Kier alpha value is -2.31. The van der Waals surface area contributed by atoms with E-state index in [2.05, 4.69) is 9.97 Å². The van der Waals surface area contributed by atoms with Crippen LogP contribution in [0.25, 0.3) is 11.4 Å². The summed E-state index contributed by atoms with van der Waals surface area (Å²) in [5.41, 5.74) is 0.0761. The maximum absolute atomic E-state index is 14.4. The molecule has 0 unspecified atom stereocenters. The van der Waals surface area contributed by atoms with Crippen molar-refractivity contribution in [1.29, 1.82) is 0 Å². The molecule has 2 aromatic rings. The van der Waals surface area contributed by atoms with Gasteiger partial charge >= 0.3 is 0 Å². The minimum Gasteiger partial charge on any atom is -0.475 e. The highest BCUT2D eigenvalue weighted by atomic mass is 19.1. The van der Waals surface area contributed by atoms with Crippen molar-refractivity contribution in [2.45, 2.75) is 20.3 Å². The predicted octanol–water partition coefficient (Wildman–Crippen LogP) is 4.01. The SMILES string of the molecule is CC(C)COc1nc(-c2cc(F)c(N3C[CH]CC3)c(F)c2)ncc1F. The second kappa shape index (κ2) is 7.29. The molecule has 1 aromatic heterocycles. The average Bonchev–Trinajstić information content (AvgIpc) is 3.07. The number of halogens is 3. The fourth-order valence-electron chi connectivity index (χ4n) is 2.62. The normalized spacial score (nSPS) is 14.4. The summed E-state index contributed by atoms with van der Waals surface area (Å²) in [6, 6.07) is 2.33. The maximum Gasteiger partial charge on any atom is 0.254 e. The van der Waals surface area contributed by atoms with E-state index in [4.69, 9.17) is 4.74 Å². The van der Waals surface area contributed by atoms with E-state index in [1.807, 2.05) is 20.3 Å². The number of nitrogens with zero attached hydrogens (tertiary/aromatic N) is 3. The van der Waals surface area contributed by atoms with E-state index in [-0.39, 0.29) is 35.5 Å². The van der Waals surface area contributed by atoms with Crippen LogP contribution >= 0.6 is 0 Å². The van der Waals surface area contributed by atoms with Gasteiger partial charge in [0.05, 0.1) is 12.8 Å². The largest absolute Gasteiger partial charge is 0.475 e. The highest BCUT2D eigenvalue weighted by Crippen LogP contribution is 2.31. The van der Waals surface area contributed by atoms with Crippen molar-refractivity contribution in [3.8, 4) is 17.3 Å². The van der Waals surface area contributed by atoms with E-state index >= 15 is 0 Å². The molecule has 0 aliphatic carbocycles. The molecule has 1 aromatic carbocycles. The van der Waals surface area contributed by atoms with Crippen molar-refractivity contribution in [3.63, 3.8) is 0 Å². The summed E-state index contributed by atoms with van der Waals surface area (Å²) < 4.78 is 47.9. The van der Waals surface area contributed by atoms with Crippen LogP contribution < -0.4 is 9.64 Å². The zero-order chi connectivity index (χ0) is 18.0. The van der Waals surface area contributed by atoms with Gasteiger partial charge in [0, 0.05) is 18.7 Å². The number of aromatic nitrogens is 2. The molecule has 1 aliphatic rings. The number of benzene rings is 1. The first kappa shape index (κ1) is 17.5. The second-order valence-electron chi connectivity index (χ2n) is 6.36. The van der Waals surface area contributed by atoms with Crippen LogP contribution in [0.1, 0.15) is 20.3 Å². The van der Waals surface area contributed by atoms with Gasteiger partial charge in [-0.1, -0.05) is 13.8 Å². The lowest BCUT2D eigenvalue weighted by Gasteiger charge is -2.19. The Morgan fingerprint density at radius 2 is 1.88 bits per heavy atom. The number of hydrogen-bond donors (Lipinski definition) is 0. The monoisotopic (exact) mass is 350 g/mol. The van der Waals surface area contributed by atoms with Gasteiger partial charge in [-0.15, -0.1) is 0 Å². The fraction of sp³-hybridized carbons (Fsp3) is 0.389. The molecular weight excluding hydrogens is 331 g/mol. The Labute approximate surface area is 144 Å². The summed E-state index contributed by atoms with van der Waals surface area (Å²) in [6.45, 7) is 5.19. The van der Waals surface area contributed by atoms with Crippen LogP contribution in [0.5, 0.6) is 5.88 Å². The Kier molecular flexibility index (Phi) is 5.11. The number of anilines is 1. The Morgan fingerprint density at radius 3 is 2.48 bits per heavy atom. The molecule has 2 heterocycles. The van der Waals surface area contributed by atoms with Crippen molar-refractivity contribution < 1.29 is 17.9 Å². The highest BCUT2D eigenvalue weighted by molar-refractivity contribution is 5.62. The van der Waals surface area contributed by atoms with Crippen molar-refractivity contribution in [3.05, 3.63) is 42.2 Å². The summed E-state index contributed by atoms with van der Waals surface area (Å²) in [7, 11) is 0. The Balaban J connectivity index is 1.92. The summed E-state index contributed by atoms with van der Waals surface area (Å²) in [5.74, 6) is -2.13. The third-order valence-corrected chi connectivity index (χ3v) is 3.81. The predicted molar refractivity (Wildman–Crippen MR) is 88.8 cm³/mol. The van der Waals surface area contributed by atoms with Crippen molar-refractivity contribution in [2.75, 3.05) is 24.6 Å². The molecule has 0 amide bonds. The van der Waals surface area contributed by atoms with E-state index in [0.717, 1.165) is 24.8 Å². The molecule has 1 aliphatic heterocycles. The molecule has 0 N–H and O–H groups in total. The van der Waals surface area contributed by atoms with Crippen LogP contribution in [0.3, 0.4) is 0 Å². The first-order valence-corrected chi connectivity index (χ1v) is 8.17. The summed E-state index contributed by atoms with van der Waals surface area (Å²) in [5, 5.41) is 0. The topological polar surface area (TPSA) is 38.2 Å². The molecular formula is C18H19F3N3O. The third kappa shape index (κ3) is 3.86. The molecule has 4 nitrogen and oxygen atoms in total. The van der Waals surface area contributed by atoms with Gasteiger partial charge < -0.3 is 9.64 Å². The molecule has 0 spiro atoms. The lowest BCUT2D eigenvalue weighted by molar-refractivity contribution is 0.248. The minimum absolute atomic E-state index is 0.0116. The standard InChI is InChI=1S/C18H19F3N3O/c1-11(2)10-25-18-15(21)9-22-17(23-18)12-7-13(19)16(14(20)8-12)24-5-3-4-6-24/h3,7-9,11H,4-6,10H2,1-2H3. The van der Waals surface area contributed by atoms with Gasteiger partial charge in [0.25, 0.3) is 5.88 Å². The van der Waals surface area contributed by atoms with Gasteiger partial charge in [0.2, 0.25) is 5.82 Å². The van der Waals surface area contributed by atoms with Crippen LogP contribution in [-0.4, -0.2) is 29.7 Å². The molecule has 3 rings (SSSR count). The van der Waals surface area contributed by atoms with Crippen LogP contribution in [0, 0.1) is 29.8 Å². The molecule has 25 heavy (non-hydrogen) atoms. The van der Waals surface area contributed by atoms with Crippen molar-refractivity contribution >= 4 is 5.69 Å². The Morgan fingerprint density at radius 1 is 1.16 bits per heavy atom. The lowest BCUT2D eigenvalue weighted by atomic mass is 10.1. The first-order chi connectivity index (χ1) is 12.0. The van der Waals surface area contributed by atoms with Gasteiger partial charge in [-0.2, -0.15) is 9.37 Å². The average molecular weight is 350 g/mol. The van der Waals surface area contributed by atoms with Crippen molar-refractivity contribution in [1.82, 2.24) is 9.97 Å². The van der Waals surface area contributed by atoms with Gasteiger partial charge in [-0.3, -0.25) is 0 Å². The quantitative estimate of drug-likeness (QED) is 0.817. The molecule has 1 radical (unpaired) electrons. The highest BCUT2D eigenvalue weighted by Gasteiger charge is 2.22. The maximum atomic E-state index is 14.4. The third-order valence-electron chi connectivity index (χ3n) is 3.81. The number of rotatable bonds is 5. The fourth-order valence-corrected chi connectivity index (χ4v) is 2.62. The zero-order valence-corrected chi connectivity index (χ0v) is 14.1. The molecule has 133 valence electrons. The van der Waals surface area contributed by atoms with Gasteiger partial charge in [-0.05, 0) is 30.9 Å². The summed E-state index contributed by atoms with van der Waals surface area (Å²) >= 11 is 0. The number of hydrogen-bond acceptors (Lipinski definition) is 4. The van der Waals surface area contributed by atoms with E-state index < -0.39 is 17.5 Å². The minimum atomic E-state index is -0.713. The second-order valence-corrected chi connectivity index (χ2v) is 6.36. The van der Waals surface area contributed by atoms with Gasteiger partial charge in [0.1, 0.15) is 17.3 Å². The summed E-state index contributed by atoms with van der Waals surface area (Å²) in [4.78, 5) is 9.42. The lowest BCUT2D eigenvalue weighted by Crippen LogP contribution is -2.20. The van der Waals surface area contributed by atoms with Gasteiger partial charge in [0.15, 0.2) is 5.82 Å². The smallest absolute Gasteiger partial charge is 0.254 e. The van der Waals surface area contributed by atoms with Crippen LogP contribution in [0.2, 0.25) is 0 Å². The zero-order valence-electron chi connectivity index (χ0n) is 14.1. The van der Waals surface area contributed by atoms with E-state index in [9.17, 15) is 13.2 Å². The molecule has 0 bridgehead atoms. The summed E-state index contributed by atoms with van der Waals surface area (Å²) in [6.07, 6.45) is 3.70. The van der Waals surface area contributed by atoms with E-state index in [1.165, 1.54) is 0 Å². The molecule has 1 fully saturated rings. The number of ether oxygens (including phenoxy) is 1. The molecule has 0 saturated carbocycles.